The monoisotopic (exact) mass is 271 g/mol. The van der Waals surface area contributed by atoms with Crippen molar-refractivity contribution in [3.05, 3.63) is 49.9 Å². The van der Waals surface area contributed by atoms with Gasteiger partial charge in [0, 0.05) is 6.20 Å². The first kappa shape index (κ1) is 11.6. The number of carbonyl (C=O) groups excluding carboxylic acids is 1. The molecule has 16 heavy (non-hydrogen) atoms. The number of ketones is 1. The number of thiophene rings is 1. The number of pyridine rings is 1. The van der Waals surface area contributed by atoms with Crippen molar-refractivity contribution in [2.24, 2.45) is 0 Å². The summed E-state index contributed by atoms with van der Waals surface area (Å²) in [6, 6.07) is 3.41. The number of rotatable bonds is 2. The van der Waals surface area contributed by atoms with Gasteiger partial charge in [0.1, 0.15) is 5.69 Å². The van der Waals surface area contributed by atoms with E-state index in [4.69, 9.17) is 23.2 Å². The predicted octanol–water partition coefficient (Wildman–Crippen LogP) is 3.99. The minimum atomic E-state index is -0.158. The molecule has 0 saturated heterocycles. The smallest absolute Gasteiger partial charge is 0.223 e. The molecule has 0 saturated carbocycles. The first-order valence-corrected chi connectivity index (χ1v) is 6.13. The summed E-state index contributed by atoms with van der Waals surface area (Å²) in [5.41, 5.74) is 1.18. The maximum absolute atomic E-state index is 12.1. The number of hydrogen-bond donors (Lipinski definition) is 0. The van der Waals surface area contributed by atoms with E-state index in [9.17, 15) is 4.79 Å². The molecule has 5 heteroatoms. The fraction of sp³-hybridized carbons (Fsp3) is 0.0909. The van der Waals surface area contributed by atoms with Gasteiger partial charge in [0.25, 0.3) is 0 Å². The lowest BCUT2D eigenvalue weighted by Gasteiger charge is -2.02. The molecule has 0 bridgehead atoms. The van der Waals surface area contributed by atoms with Crippen LogP contribution in [0.4, 0.5) is 0 Å². The van der Waals surface area contributed by atoms with E-state index < -0.39 is 0 Å². The van der Waals surface area contributed by atoms with E-state index in [1.54, 1.807) is 0 Å². The summed E-state index contributed by atoms with van der Waals surface area (Å²) in [7, 11) is 0. The Hall–Kier alpha value is -0.900. The van der Waals surface area contributed by atoms with Gasteiger partial charge in [-0.05, 0) is 30.0 Å². The third-order valence-electron chi connectivity index (χ3n) is 2.09. The lowest BCUT2D eigenvalue weighted by molar-refractivity contribution is 0.103. The van der Waals surface area contributed by atoms with Crippen molar-refractivity contribution in [3.63, 3.8) is 0 Å². The van der Waals surface area contributed by atoms with Crippen LogP contribution in [0.1, 0.15) is 20.9 Å². The Bertz CT molecular complexity index is 551. The maximum atomic E-state index is 12.1. The quantitative estimate of drug-likeness (QED) is 0.774. The Labute approximate surface area is 107 Å². The standard InChI is InChI=1S/C11H7Cl2NOS/c1-6-2-3-16-11(6)10(15)9-8(13)4-7(12)5-14-9/h2-5H,1H3. The molecule has 0 aliphatic rings. The molecule has 0 amide bonds. The van der Waals surface area contributed by atoms with Gasteiger partial charge in [0.2, 0.25) is 5.78 Å². The molecule has 0 spiro atoms. The lowest BCUT2D eigenvalue weighted by atomic mass is 10.1. The molecule has 0 N–H and O–H groups in total. The molecule has 0 radical (unpaired) electrons. The first-order valence-electron chi connectivity index (χ1n) is 4.49. The van der Waals surface area contributed by atoms with E-state index in [-0.39, 0.29) is 16.5 Å². The summed E-state index contributed by atoms with van der Waals surface area (Å²) in [6.07, 6.45) is 1.42. The molecular weight excluding hydrogens is 265 g/mol. The molecule has 0 fully saturated rings. The largest absolute Gasteiger partial charge is 0.286 e. The van der Waals surface area contributed by atoms with Crippen LogP contribution in [-0.4, -0.2) is 10.8 Å². The molecule has 2 rings (SSSR count). The third kappa shape index (κ3) is 2.12. The van der Waals surface area contributed by atoms with Gasteiger partial charge < -0.3 is 0 Å². The van der Waals surface area contributed by atoms with E-state index in [0.29, 0.717) is 9.90 Å². The Kier molecular flexibility index (Phi) is 3.28. The molecule has 0 aliphatic carbocycles. The zero-order valence-electron chi connectivity index (χ0n) is 8.33. The molecule has 82 valence electrons. The molecule has 0 unspecified atom stereocenters. The van der Waals surface area contributed by atoms with Crippen LogP contribution in [0.15, 0.2) is 23.7 Å². The van der Waals surface area contributed by atoms with E-state index in [0.717, 1.165) is 5.56 Å². The fourth-order valence-electron chi connectivity index (χ4n) is 1.29. The van der Waals surface area contributed by atoms with Crippen LogP contribution in [0.5, 0.6) is 0 Å². The second kappa shape index (κ2) is 4.53. The van der Waals surface area contributed by atoms with Gasteiger partial charge >= 0.3 is 0 Å². The number of carbonyl (C=O) groups is 1. The van der Waals surface area contributed by atoms with Gasteiger partial charge in [-0.1, -0.05) is 23.2 Å². The number of nitrogens with zero attached hydrogens (tertiary/aromatic N) is 1. The molecular formula is C11H7Cl2NOS. The van der Waals surface area contributed by atoms with E-state index in [1.807, 2.05) is 18.4 Å². The molecule has 2 aromatic rings. The normalized spacial score (nSPS) is 10.4. The highest BCUT2D eigenvalue weighted by molar-refractivity contribution is 7.12. The highest BCUT2D eigenvalue weighted by Gasteiger charge is 2.17. The topological polar surface area (TPSA) is 30.0 Å². The van der Waals surface area contributed by atoms with Crippen LogP contribution >= 0.6 is 34.5 Å². The van der Waals surface area contributed by atoms with Gasteiger partial charge in [-0.2, -0.15) is 0 Å². The molecule has 2 nitrogen and oxygen atoms in total. The van der Waals surface area contributed by atoms with Gasteiger partial charge in [-0.25, -0.2) is 4.98 Å². The van der Waals surface area contributed by atoms with Crippen molar-refractivity contribution in [3.8, 4) is 0 Å². The highest BCUT2D eigenvalue weighted by Crippen LogP contribution is 2.24. The fourth-order valence-corrected chi connectivity index (χ4v) is 2.63. The number of aryl methyl sites for hydroxylation is 1. The van der Waals surface area contributed by atoms with Crippen molar-refractivity contribution in [1.82, 2.24) is 4.98 Å². The molecule has 0 aromatic carbocycles. The lowest BCUT2D eigenvalue weighted by Crippen LogP contribution is -2.04. The maximum Gasteiger partial charge on any atom is 0.223 e. The molecule has 0 atom stereocenters. The van der Waals surface area contributed by atoms with Gasteiger partial charge in [-0.15, -0.1) is 11.3 Å². The van der Waals surface area contributed by atoms with Gasteiger partial charge in [-0.3, -0.25) is 4.79 Å². The zero-order chi connectivity index (χ0) is 11.7. The second-order valence-electron chi connectivity index (χ2n) is 3.25. The molecule has 2 aromatic heterocycles. The Morgan fingerprint density at radius 1 is 1.44 bits per heavy atom. The number of hydrogen-bond acceptors (Lipinski definition) is 3. The van der Waals surface area contributed by atoms with Crippen LogP contribution in [-0.2, 0) is 0 Å². The van der Waals surface area contributed by atoms with E-state index in [1.165, 1.54) is 23.6 Å². The average Bonchev–Trinajstić information content (AvgIpc) is 2.63. The highest BCUT2D eigenvalue weighted by atomic mass is 35.5. The SMILES string of the molecule is Cc1ccsc1C(=O)c1ncc(Cl)cc1Cl. The van der Waals surface area contributed by atoms with E-state index in [2.05, 4.69) is 4.98 Å². The minimum absolute atomic E-state index is 0.158. The zero-order valence-corrected chi connectivity index (χ0v) is 10.7. The predicted molar refractivity (Wildman–Crippen MR) is 66.7 cm³/mol. The number of halogens is 2. The first-order chi connectivity index (χ1) is 7.59. The van der Waals surface area contributed by atoms with Crippen LogP contribution in [0.3, 0.4) is 0 Å². The van der Waals surface area contributed by atoms with Crippen molar-refractivity contribution in [1.29, 1.82) is 0 Å². The van der Waals surface area contributed by atoms with Crippen LogP contribution in [0.25, 0.3) is 0 Å². The Morgan fingerprint density at radius 2 is 2.19 bits per heavy atom. The Balaban J connectivity index is 2.46. The summed E-state index contributed by atoms with van der Waals surface area (Å²) in [5, 5.41) is 2.57. The van der Waals surface area contributed by atoms with Crippen molar-refractivity contribution in [2.45, 2.75) is 6.92 Å². The van der Waals surface area contributed by atoms with Crippen molar-refractivity contribution in [2.75, 3.05) is 0 Å². The Morgan fingerprint density at radius 3 is 2.75 bits per heavy atom. The second-order valence-corrected chi connectivity index (χ2v) is 5.01. The summed E-state index contributed by atoms with van der Waals surface area (Å²) in [4.78, 5) is 16.7. The van der Waals surface area contributed by atoms with Crippen molar-refractivity contribution < 1.29 is 4.79 Å². The van der Waals surface area contributed by atoms with Gasteiger partial charge in [0.05, 0.1) is 14.9 Å². The molecule has 2 heterocycles. The summed E-state index contributed by atoms with van der Waals surface area (Å²) in [5.74, 6) is -0.158. The van der Waals surface area contributed by atoms with Crippen molar-refractivity contribution >= 4 is 40.3 Å². The number of aromatic nitrogens is 1. The summed E-state index contributed by atoms with van der Waals surface area (Å²) < 4.78 is 0. The summed E-state index contributed by atoms with van der Waals surface area (Å²) in [6.45, 7) is 1.88. The van der Waals surface area contributed by atoms with E-state index >= 15 is 0 Å². The van der Waals surface area contributed by atoms with Crippen LogP contribution in [0, 0.1) is 6.92 Å². The van der Waals surface area contributed by atoms with Crippen LogP contribution in [0.2, 0.25) is 10.0 Å². The minimum Gasteiger partial charge on any atom is -0.286 e. The summed E-state index contributed by atoms with van der Waals surface area (Å²) >= 11 is 13.0. The average molecular weight is 272 g/mol. The molecule has 0 aliphatic heterocycles. The van der Waals surface area contributed by atoms with Crippen LogP contribution < -0.4 is 0 Å². The third-order valence-corrected chi connectivity index (χ3v) is 3.60. The van der Waals surface area contributed by atoms with Gasteiger partial charge in [0.15, 0.2) is 0 Å².